The fourth-order valence-electron chi connectivity index (χ4n) is 3.47. The Morgan fingerprint density at radius 2 is 1.82 bits per heavy atom. The molecule has 0 amide bonds. The van der Waals surface area contributed by atoms with Crippen LogP contribution in [0.2, 0.25) is 5.02 Å². The zero-order valence-corrected chi connectivity index (χ0v) is 19.5. The van der Waals surface area contributed by atoms with Gasteiger partial charge in [0.15, 0.2) is 5.96 Å². The number of nitrogens with two attached hydrogens (primary N) is 1. The maximum Gasteiger partial charge on any atom is 0.191 e. The van der Waals surface area contributed by atoms with Crippen LogP contribution >= 0.6 is 35.6 Å². The minimum atomic E-state index is 0. The maximum absolute atomic E-state index is 6.17. The molecule has 2 heterocycles. The van der Waals surface area contributed by atoms with Gasteiger partial charge in [0.05, 0.1) is 0 Å². The molecule has 0 unspecified atom stereocenters. The van der Waals surface area contributed by atoms with E-state index in [4.69, 9.17) is 26.8 Å². The molecule has 3 rings (SSSR count). The van der Waals surface area contributed by atoms with Gasteiger partial charge in [0, 0.05) is 69.9 Å². The number of hydrogen-bond donors (Lipinski definition) is 1. The first-order chi connectivity index (χ1) is 13.2. The minimum Gasteiger partial charge on any atom is -0.381 e. The number of rotatable bonds is 7. The van der Waals surface area contributed by atoms with Crippen molar-refractivity contribution < 1.29 is 9.47 Å². The number of benzene rings is 1. The molecule has 28 heavy (non-hydrogen) atoms. The van der Waals surface area contributed by atoms with E-state index in [9.17, 15) is 0 Å². The molecular formula is C20H32ClIN4O2. The number of nitrogens with zero attached hydrogens (tertiary/aromatic N) is 3. The monoisotopic (exact) mass is 522 g/mol. The molecular weight excluding hydrogens is 491 g/mol. The van der Waals surface area contributed by atoms with Crippen molar-refractivity contribution in [1.82, 2.24) is 4.90 Å². The van der Waals surface area contributed by atoms with E-state index >= 15 is 0 Å². The van der Waals surface area contributed by atoms with Crippen LogP contribution in [-0.2, 0) is 9.47 Å². The Morgan fingerprint density at radius 1 is 1.14 bits per heavy atom. The third-order valence-corrected chi connectivity index (χ3v) is 5.46. The zero-order valence-electron chi connectivity index (χ0n) is 16.4. The first-order valence-electron chi connectivity index (χ1n) is 9.93. The minimum absolute atomic E-state index is 0. The van der Waals surface area contributed by atoms with Crippen molar-refractivity contribution in [3.8, 4) is 0 Å². The second kappa shape index (κ2) is 12.7. The number of guanidine groups is 1. The van der Waals surface area contributed by atoms with Crippen LogP contribution in [0.25, 0.3) is 0 Å². The predicted molar refractivity (Wildman–Crippen MR) is 126 cm³/mol. The molecule has 8 heteroatoms. The quantitative estimate of drug-likeness (QED) is 0.258. The summed E-state index contributed by atoms with van der Waals surface area (Å²) >= 11 is 5.96. The van der Waals surface area contributed by atoms with Crippen LogP contribution in [-0.4, -0.2) is 70.0 Å². The van der Waals surface area contributed by atoms with E-state index in [1.54, 1.807) is 0 Å². The average molecular weight is 523 g/mol. The van der Waals surface area contributed by atoms with Crippen molar-refractivity contribution in [2.75, 3.05) is 64.1 Å². The molecule has 0 aromatic heterocycles. The first kappa shape index (κ1) is 23.5. The van der Waals surface area contributed by atoms with E-state index in [1.807, 2.05) is 12.1 Å². The molecule has 0 bridgehead atoms. The number of hydrogen-bond acceptors (Lipinski definition) is 4. The molecule has 0 atom stereocenters. The molecule has 2 aliphatic heterocycles. The van der Waals surface area contributed by atoms with Crippen molar-refractivity contribution in [2.24, 2.45) is 16.6 Å². The Hall–Kier alpha value is -0.770. The summed E-state index contributed by atoms with van der Waals surface area (Å²) in [5.74, 6) is 1.31. The van der Waals surface area contributed by atoms with Gasteiger partial charge in [-0.3, -0.25) is 4.99 Å². The summed E-state index contributed by atoms with van der Waals surface area (Å²) in [4.78, 5) is 9.04. The van der Waals surface area contributed by atoms with E-state index in [1.165, 1.54) is 5.69 Å². The van der Waals surface area contributed by atoms with Crippen LogP contribution in [0.3, 0.4) is 0 Å². The van der Waals surface area contributed by atoms with E-state index in [0.717, 1.165) is 83.4 Å². The number of aliphatic imine (C=N–C) groups is 1. The lowest BCUT2D eigenvalue weighted by Gasteiger charge is -2.36. The van der Waals surface area contributed by atoms with Gasteiger partial charge in [-0.05, 0) is 49.4 Å². The smallest absolute Gasteiger partial charge is 0.191 e. The second-order valence-electron chi connectivity index (χ2n) is 7.17. The summed E-state index contributed by atoms with van der Waals surface area (Å²) in [6, 6.07) is 8.00. The lowest BCUT2D eigenvalue weighted by Crippen LogP contribution is -2.51. The molecule has 0 aliphatic carbocycles. The van der Waals surface area contributed by atoms with Crippen LogP contribution in [0.1, 0.15) is 19.3 Å². The highest BCUT2D eigenvalue weighted by Gasteiger charge is 2.18. The number of ether oxygens (including phenoxy) is 2. The number of piperazine rings is 1. The summed E-state index contributed by atoms with van der Waals surface area (Å²) in [6.45, 7) is 7.71. The lowest BCUT2D eigenvalue weighted by atomic mass is 10.0. The predicted octanol–water partition coefficient (Wildman–Crippen LogP) is 3.23. The third kappa shape index (κ3) is 7.57. The molecule has 6 nitrogen and oxygen atoms in total. The average Bonchev–Trinajstić information content (AvgIpc) is 2.72. The number of halogens is 2. The van der Waals surface area contributed by atoms with Gasteiger partial charge in [-0.25, -0.2) is 0 Å². The van der Waals surface area contributed by atoms with Gasteiger partial charge in [0.2, 0.25) is 0 Å². The molecule has 0 radical (unpaired) electrons. The Labute approximate surface area is 190 Å². The molecule has 0 saturated carbocycles. The van der Waals surface area contributed by atoms with Crippen molar-refractivity contribution in [2.45, 2.75) is 19.3 Å². The van der Waals surface area contributed by atoms with Crippen molar-refractivity contribution >= 4 is 47.2 Å². The van der Waals surface area contributed by atoms with Crippen molar-refractivity contribution in [1.29, 1.82) is 0 Å². The second-order valence-corrected chi connectivity index (χ2v) is 7.61. The molecule has 2 fully saturated rings. The maximum atomic E-state index is 6.17. The Bertz CT molecular complexity index is 588. The molecule has 2 saturated heterocycles. The third-order valence-electron chi connectivity index (χ3n) is 5.21. The highest BCUT2D eigenvalue weighted by molar-refractivity contribution is 14.0. The van der Waals surface area contributed by atoms with Crippen molar-refractivity contribution in [3.63, 3.8) is 0 Å². The van der Waals surface area contributed by atoms with Gasteiger partial charge in [-0.15, -0.1) is 24.0 Å². The Balaban J connectivity index is 0.00000280. The summed E-state index contributed by atoms with van der Waals surface area (Å²) in [5.41, 5.74) is 7.37. The topological polar surface area (TPSA) is 63.3 Å². The van der Waals surface area contributed by atoms with Crippen LogP contribution < -0.4 is 10.6 Å². The van der Waals surface area contributed by atoms with Gasteiger partial charge in [0.25, 0.3) is 0 Å². The fraction of sp³-hybridized carbons (Fsp3) is 0.650. The summed E-state index contributed by atoms with van der Waals surface area (Å²) in [6.07, 6.45) is 3.15. The molecule has 1 aromatic carbocycles. The fourth-order valence-corrected chi connectivity index (χ4v) is 3.59. The lowest BCUT2D eigenvalue weighted by molar-refractivity contribution is 0.0205. The van der Waals surface area contributed by atoms with Crippen LogP contribution in [0, 0.1) is 5.92 Å². The largest absolute Gasteiger partial charge is 0.381 e. The highest BCUT2D eigenvalue weighted by atomic mass is 127. The molecule has 1 aromatic rings. The molecule has 2 aliphatic rings. The Kier molecular flexibility index (Phi) is 10.7. The SMILES string of the molecule is I.NC(=NCCCOCC1CCOCC1)N1CCN(c2ccc(Cl)cc2)CC1. The summed E-state index contributed by atoms with van der Waals surface area (Å²) in [5, 5.41) is 0.769. The normalized spacial score (nSPS) is 18.8. The van der Waals surface area contributed by atoms with Gasteiger partial charge in [-0.1, -0.05) is 11.6 Å². The molecule has 0 spiro atoms. The van der Waals surface area contributed by atoms with Gasteiger partial charge >= 0.3 is 0 Å². The van der Waals surface area contributed by atoms with Crippen molar-refractivity contribution in [3.05, 3.63) is 29.3 Å². The molecule has 2 N–H and O–H groups in total. The highest BCUT2D eigenvalue weighted by Crippen LogP contribution is 2.19. The summed E-state index contributed by atoms with van der Waals surface area (Å²) in [7, 11) is 0. The van der Waals surface area contributed by atoms with E-state index in [0.29, 0.717) is 11.9 Å². The summed E-state index contributed by atoms with van der Waals surface area (Å²) < 4.78 is 11.1. The molecule has 158 valence electrons. The van der Waals surface area contributed by atoms with E-state index in [2.05, 4.69) is 26.9 Å². The van der Waals surface area contributed by atoms with E-state index < -0.39 is 0 Å². The van der Waals surface area contributed by atoms with E-state index in [-0.39, 0.29) is 24.0 Å². The van der Waals surface area contributed by atoms with Gasteiger partial charge < -0.3 is 25.0 Å². The van der Waals surface area contributed by atoms with Crippen LogP contribution in [0.4, 0.5) is 5.69 Å². The number of anilines is 1. The standard InChI is InChI=1S/C20H31ClN4O2.HI/c21-18-2-4-19(5-3-18)24-9-11-25(12-10-24)20(22)23-8-1-13-27-16-17-6-14-26-15-7-17;/h2-5,17H,1,6-16H2,(H2,22,23);1H. The Morgan fingerprint density at radius 3 is 2.50 bits per heavy atom. The van der Waals surface area contributed by atoms with Gasteiger partial charge in [0.1, 0.15) is 0 Å². The first-order valence-corrected chi connectivity index (χ1v) is 10.3. The van der Waals surface area contributed by atoms with Gasteiger partial charge in [-0.2, -0.15) is 0 Å². The van der Waals surface area contributed by atoms with Crippen LogP contribution in [0.15, 0.2) is 29.3 Å². The van der Waals surface area contributed by atoms with Crippen LogP contribution in [0.5, 0.6) is 0 Å². The zero-order chi connectivity index (χ0) is 18.9.